The standard InChI is InChI=1S/C12H20N2O2/c1-9(2)13-7-6-12(15)14-10(3)11-5-4-8-16-11/h4-5,8-10,13H,6-7H2,1-3H3,(H,14,15)/t10-/m0/s1. The van der Waals surface area contributed by atoms with Gasteiger partial charge in [-0.15, -0.1) is 0 Å². The molecule has 1 atom stereocenters. The molecular weight excluding hydrogens is 204 g/mol. The number of furan rings is 1. The summed E-state index contributed by atoms with van der Waals surface area (Å²) in [6, 6.07) is 4.02. The molecule has 90 valence electrons. The number of hydrogen-bond acceptors (Lipinski definition) is 3. The number of rotatable bonds is 6. The predicted molar refractivity (Wildman–Crippen MR) is 63.0 cm³/mol. The maximum absolute atomic E-state index is 11.5. The van der Waals surface area contributed by atoms with Crippen molar-refractivity contribution < 1.29 is 9.21 Å². The van der Waals surface area contributed by atoms with Crippen molar-refractivity contribution in [3.8, 4) is 0 Å². The van der Waals surface area contributed by atoms with Crippen LogP contribution in [-0.4, -0.2) is 18.5 Å². The minimum Gasteiger partial charge on any atom is -0.467 e. The van der Waals surface area contributed by atoms with E-state index in [4.69, 9.17) is 4.42 Å². The molecule has 0 aliphatic rings. The van der Waals surface area contributed by atoms with E-state index in [9.17, 15) is 4.79 Å². The summed E-state index contributed by atoms with van der Waals surface area (Å²) in [7, 11) is 0. The van der Waals surface area contributed by atoms with Gasteiger partial charge in [0.2, 0.25) is 5.91 Å². The third kappa shape index (κ3) is 4.49. The first-order chi connectivity index (χ1) is 7.59. The van der Waals surface area contributed by atoms with Gasteiger partial charge in [0.25, 0.3) is 0 Å². The number of nitrogens with one attached hydrogen (secondary N) is 2. The van der Waals surface area contributed by atoms with Crippen molar-refractivity contribution in [1.82, 2.24) is 10.6 Å². The van der Waals surface area contributed by atoms with Gasteiger partial charge in [0.15, 0.2) is 0 Å². The maximum Gasteiger partial charge on any atom is 0.221 e. The third-order valence-corrected chi connectivity index (χ3v) is 2.25. The quantitative estimate of drug-likeness (QED) is 0.775. The first-order valence-electron chi connectivity index (χ1n) is 5.65. The van der Waals surface area contributed by atoms with Gasteiger partial charge in [0.05, 0.1) is 12.3 Å². The topological polar surface area (TPSA) is 54.3 Å². The molecule has 4 heteroatoms. The molecule has 1 heterocycles. The van der Waals surface area contributed by atoms with E-state index in [2.05, 4.69) is 24.5 Å². The SMILES string of the molecule is CC(C)NCCC(=O)N[C@@H](C)c1ccco1. The van der Waals surface area contributed by atoms with E-state index in [0.717, 1.165) is 5.76 Å². The minimum atomic E-state index is -0.0680. The van der Waals surface area contributed by atoms with Crippen LogP contribution in [0.3, 0.4) is 0 Å². The zero-order valence-corrected chi connectivity index (χ0v) is 10.1. The van der Waals surface area contributed by atoms with E-state index in [1.807, 2.05) is 19.1 Å². The lowest BCUT2D eigenvalue weighted by atomic mass is 10.2. The Bertz CT molecular complexity index is 307. The highest BCUT2D eigenvalue weighted by Gasteiger charge is 2.11. The Morgan fingerprint density at radius 3 is 2.75 bits per heavy atom. The monoisotopic (exact) mass is 224 g/mol. The first-order valence-corrected chi connectivity index (χ1v) is 5.65. The van der Waals surface area contributed by atoms with Crippen molar-refractivity contribution in [1.29, 1.82) is 0 Å². The van der Waals surface area contributed by atoms with Crippen LogP contribution in [0.1, 0.15) is 39.0 Å². The van der Waals surface area contributed by atoms with Crippen molar-refractivity contribution in [2.75, 3.05) is 6.54 Å². The fourth-order valence-electron chi connectivity index (χ4n) is 1.40. The lowest BCUT2D eigenvalue weighted by Gasteiger charge is -2.12. The summed E-state index contributed by atoms with van der Waals surface area (Å²) >= 11 is 0. The van der Waals surface area contributed by atoms with Crippen LogP contribution >= 0.6 is 0 Å². The minimum absolute atomic E-state index is 0.0389. The second-order valence-electron chi connectivity index (χ2n) is 4.16. The fraction of sp³-hybridized carbons (Fsp3) is 0.583. The second-order valence-corrected chi connectivity index (χ2v) is 4.16. The average Bonchev–Trinajstić information content (AvgIpc) is 2.69. The van der Waals surface area contributed by atoms with Crippen LogP contribution in [-0.2, 0) is 4.79 Å². The van der Waals surface area contributed by atoms with E-state index in [-0.39, 0.29) is 11.9 Å². The Hall–Kier alpha value is -1.29. The van der Waals surface area contributed by atoms with E-state index < -0.39 is 0 Å². The highest BCUT2D eigenvalue weighted by atomic mass is 16.3. The van der Waals surface area contributed by atoms with Crippen molar-refractivity contribution >= 4 is 5.91 Å². The summed E-state index contributed by atoms with van der Waals surface area (Å²) in [4.78, 5) is 11.5. The molecule has 0 saturated carbocycles. The van der Waals surface area contributed by atoms with Crippen LogP contribution in [0.5, 0.6) is 0 Å². The highest BCUT2D eigenvalue weighted by Crippen LogP contribution is 2.11. The normalized spacial score (nSPS) is 12.8. The highest BCUT2D eigenvalue weighted by molar-refractivity contribution is 5.76. The van der Waals surface area contributed by atoms with Crippen molar-refractivity contribution in [3.05, 3.63) is 24.2 Å². The molecule has 0 saturated heterocycles. The molecule has 0 spiro atoms. The second kappa shape index (κ2) is 6.33. The van der Waals surface area contributed by atoms with E-state index in [1.165, 1.54) is 0 Å². The van der Waals surface area contributed by atoms with Gasteiger partial charge in [-0.05, 0) is 19.1 Å². The van der Waals surface area contributed by atoms with Crippen LogP contribution in [0, 0.1) is 0 Å². The zero-order chi connectivity index (χ0) is 12.0. The lowest BCUT2D eigenvalue weighted by Crippen LogP contribution is -2.31. The summed E-state index contributed by atoms with van der Waals surface area (Å²) in [5.74, 6) is 0.821. The van der Waals surface area contributed by atoms with Crippen molar-refractivity contribution in [2.45, 2.75) is 39.3 Å². The molecule has 0 radical (unpaired) electrons. The van der Waals surface area contributed by atoms with Gasteiger partial charge in [-0.3, -0.25) is 4.79 Å². The van der Waals surface area contributed by atoms with Crippen LogP contribution in [0.15, 0.2) is 22.8 Å². The Balaban J connectivity index is 2.24. The molecule has 1 amide bonds. The fourth-order valence-corrected chi connectivity index (χ4v) is 1.40. The first kappa shape index (κ1) is 12.8. The molecule has 0 bridgehead atoms. The van der Waals surface area contributed by atoms with Gasteiger partial charge in [-0.25, -0.2) is 0 Å². The summed E-state index contributed by atoms with van der Waals surface area (Å²) < 4.78 is 5.21. The Kier molecular flexibility index (Phi) is 5.05. The molecule has 1 rings (SSSR count). The third-order valence-electron chi connectivity index (χ3n) is 2.25. The molecule has 0 fully saturated rings. The number of hydrogen-bond donors (Lipinski definition) is 2. The molecule has 2 N–H and O–H groups in total. The van der Waals surface area contributed by atoms with Gasteiger partial charge in [-0.2, -0.15) is 0 Å². The van der Waals surface area contributed by atoms with Crippen LogP contribution in [0.4, 0.5) is 0 Å². The summed E-state index contributed by atoms with van der Waals surface area (Å²) in [6.45, 7) is 6.73. The van der Waals surface area contributed by atoms with E-state index in [1.54, 1.807) is 6.26 Å². The molecular formula is C12H20N2O2. The molecule has 0 aliphatic carbocycles. The van der Waals surface area contributed by atoms with Crippen molar-refractivity contribution in [2.24, 2.45) is 0 Å². The number of carbonyl (C=O) groups excluding carboxylic acids is 1. The maximum atomic E-state index is 11.5. The van der Waals surface area contributed by atoms with Crippen LogP contribution in [0.25, 0.3) is 0 Å². The molecule has 1 aromatic heterocycles. The zero-order valence-electron chi connectivity index (χ0n) is 10.1. The Morgan fingerprint density at radius 1 is 1.44 bits per heavy atom. The van der Waals surface area contributed by atoms with Gasteiger partial charge < -0.3 is 15.1 Å². The summed E-state index contributed by atoms with van der Waals surface area (Å²) in [6.07, 6.45) is 2.10. The predicted octanol–water partition coefficient (Wildman–Crippen LogP) is 1.84. The smallest absolute Gasteiger partial charge is 0.221 e. The summed E-state index contributed by atoms with van der Waals surface area (Å²) in [5.41, 5.74) is 0. The Morgan fingerprint density at radius 2 is 2.19 bits per heavy atom. The molecule has 0 unspecified atom stereocenters. The average molecular weight is 224 g/mol. The summed E-state index contributed by atoms with van der Waals surface area (Å²) in [5, 5.41) is 6.08. The largest absolute Gasteiger partial charge is 0.467 e. The van der Waals surface area contributed by atoms with Crippen LogP contribution < -0.4 is 10.6 Å². The van der Waals surface area contributed by atoms with Gasteiger partial charge >= 0.3 is 0 Å². The van der Waals surface area contributed by atoms with Crippen molar-refractivity contribution in [3.63, 3.8) is 0 Å². The van der Waals surface area contributed by atoms with E-state index >= 15 is 0 Å². The lowest BCUT2D eigenvalue weighted by molar-refractivity contribution is -0.121. The van der Waals surface area contributed by atoms with E-state index in [0.29, 0.717) is 19.0 Å². The number of amides is 1. The molecule has 4 nitrogen and oxygen atoms in total. The molecule has 1 aromatic rings. The van der Waals surface area contributed by atoms with Gasteiger partial charge in [0.1, 0.15) is 5.76 Å². The Labute approximate surface area is 96.4 Å². The molecule has 0 aromatic carbocycles. The van der Waals surface area contributed by atoms with Gasteiger partial charge in [-0.1, -0.05) is 13.8 Å². The van der Waals surface area contributed by atoms with Crippen LogP contribution in [0.2, 0.25) is 0 Å². The molecule has 0 aliphatic heterocycles. The molecule has 16 heavy (non-hydrogen) atoms. The number of carbonyl (C=O) groups is 1. The van der Waals surface area contributed by atoms with Gasteiger partial charge in [0, 0.05) is 19.0 Å².